The third-order valence-corrected chi connectivity index (χ3v) is 6.11. The van der Waals surface area contributed by atoms with Crippen LogP contribution in [0.4, 0.5) is 0 Å². The van der Waals surface area contributed by atoms with Crippen LogP contribution >= 0.6 is 27.7 Å². The zero-order valence-corrected chi connectivity index (χ0v) is 17.3. The van der Waals surface area contributed by atoms with E-state index in [0.29, 0.717) is 10.9 Å². The third kappa shape index (κ3) is 3.53. The molecule has 1 atom stereocenters. The fraction of sp³-hybridized carbons (Fsp3) is 0.250. The molecule has 2 aliphatic rings. The highest BCUT2D eigenvalue weighted by molar-refractivity contribution is 9.10. The number of hydrogen-bond acceptors (Lipinski definition) is 5. The van der Waals surface area contributed by atoms with Crippen LogP contribution in [0, 0.1) is 0 Å². The van der Waals surface area contributed by atoms with E-state index in [1.54, 1.807) is 16.8 Å². The van der Waals surface area contributed by atoms with Crippen molar-refractivity contribution >= 4 is 44.5 Å². The van der Waals surface area contributed by atoms with E-state index in [9.17, 15) is 4.79 Å². The zero-order valence-electron chi connectivity index (χ0n) is 14.9. The van der Waals surface area contributed by atoms with Crippen LogP contribution in [0.5, 0.6) is 0 Å². The number of amides is 1. The molecule has 2 aliphatic heterocycles. The lowest BCUT2D eigenvalue weighted by atomic mass is 10.1. The van der Waals surface area contributed by atoms with E-state index >= 15 is 0 Å². The number of benzene rings is 2. The summed E-state index contributed by atoms with van der Waals surface area (Å²) in [7, 11) is 0. The number of halogens is 1. The normalized spacial score (nSPS) is 18.2. The molecule has 0 bridgehead atoms. The molecule has 0 unspecified atom stereocenters. The second-order valence-electron chi connectivity index (χ2n) is 6.30. The number of amidine groups is 1. The van der Waals surface area contributed by atoms with Gasteiger partial charge in [-0.1, -0.05) is 77.4 Å². The molecule has 0 saturated carbocycles. The Bertz CT molecular complexity index is 1040. The van der Waals surface area contributed by atoms with Crippen LogP contribution in [-0.2, 0) is 4.79 Å². The molecule has 7 heteroatoms. The van der Waals surface area contributed by atoms with Crippen molar-refractivity contribution in [1.29, 1.82) is 0 Å². The predicted molar refractivity (Wildman–Crippen MR) is 112 cm³/mol. The molecule has 27 heavy (non-hydrogen) atoms. The molecule has 1 amide bonds. The summed E-state index contributed by atoms with van der Waals surface area (Å²) in [4.78, 5) is 17.9. The highest BCUT2D eigenvalue weighted by Crippen LogP contribution is 2.34. The first-order valence-corrected chi connectivity index (χ1v) is 10.7. The van der Waals surface area contributed by atoms with E-state index in [-0.39, 0.29) is 5.91 Å². The van der Waals surface area contributed by atoms with E-state index in [0.717, 1.165) is 39.2 Å². The molecule has 0 aromatic heterocycles. The Balaban J connectivity index is 1.86. The summed E-state index contributed by atoms with van der Waals surface area (Å²) >= 11 is 5.19. The maximum Gasteiger partial charge on any atom is 0.276 e. The summed E-state index contributed by atoms with van der Waals surface area (Å²) < 4.78 is 0.943. The Hall–Kier alpha value is -2.12. The molecular formula is C20H19BrN4OS. The number of carbonyl (C=O) groups is 1. The number of hydrazone groups is 1. The summed E-state index contributed by atoms with van der Waals surface area (Å²) in [6.45, 7) is 2.15. The average molecular weight is 443 g/mol. The summed E-state index contributed by atoms with van der Waals surface area (Å²) in [5, 5.41) is 11.7. The second-order valence-corrected chi connectivity index (χ2v) is 8.23. The van der Waals surface area contributed by atoms with Crippen LogP contribution in [0.1, 0.15) is 31.5 Å². The van der Waals surface area contributed by atoms with Gasteiger partial charge in [-0.25, -0.2) is 5.01 Å². The fourth-order valence-electron chi connectivity index (χ4n) is 3.09. The Kier molecular flexibility index (Phi) is 5.31. The van der Waals surface area contributed by atoms with Gasteiger partial charge in [0.15, 0.2) is 11.3 Å². The smallest absolute Gasteiger partial charge is 0.276 e. The molecule has 2 aromatic carbocycles. The number of fused-ring (bicyclic) bond motifs is 2. The largest absolute Gasteiger partial charge is 0.298 e. The number of hydrogen-bond donors (Lipinski definition) is 1. The van der Waals surface area contributed by atoms with Gasteiger partial charge in [0.05, 0.1) is 5.36 Å². The lowest BCUT2D eigenvalue weighted by molar-refractivity contribution is -0.116. The Morgan fingerprint density at radius 2 is 1.96 bits per heavy atom. The lowest BCUT2D eigenvalue weighted by Crippen LogP contribution is -2.50. The van der Waals surface area contributed by atoms with Crippen molar-refractivity contribution in [3.05, 3.63) is 69.1 Å². The minimum atomic E-state index is -0.390. The van der Waals surface area contributed by atoms with E-state index in [4.69, 9.17) is 10.1 Å². The molecule has 0 fully saturated rings. The van der Waals surface area contributed by atoms with Gasteiger partial charge < -0.3 is 0 Å². The van der Waals surface area contributed by atoms with Crippen LogP contribution < -0.4 is 15.9 Å². The minimum Gasteiger partial charge on any atom is -0.298 e. The zero-order chi connectivity index (χ0) is 18.8. The summed E-state index contributed by atoms with van der Waals surface area (Å²) in [6.07, 6.45) is 1.80. The van der Waals surface area contributed by atoms with Crippen LogP contribution in [0.2, 0.25) is 0 Å². The van der Waals surface area contributed by atoms with Gasteiger partial charge in [-0.3, -0.25) is 15.1 Å². The van der Waals surface area contributed by atoms with Crippen LogP contribution in [-0.4, -0.2) is 21.8 Å². The van der Waals surface area contributed by atoms with E-state index in [1.165, 1.54) is 0 Å². The highest BCUT2D eigenvalue weighted by Gasteiger charge is 2.34. The molecule has 2 heterocycles. The monoisotopic (exact) mass is 442 g/mol. The molecule has 5 nitrogen and oxygen atoms in total. The van der Waals surface area contributed by atoms with Crippen molar-refractivity contribution in [2.75, 3.05) is 5.75 Å². The van der Waals surface area contributed by atoms with Crippen LogP contribution in [0.25, 0.3) is 5.70 Å². The van der Waals surface area contributed by atoms with Crippen molar-refractivity contribution in [1.82, 2.24) is 10.3 Å². The van der Waals surface area contributed by atoms with Crippen LogP contribution in [0.15, 0.2) is 63.1 Å². The molecule has 0 spiro atoms. The molecule has 0 aliphatic carbocycles. The Morgan fingerprint density at radius 1 is 1.19 bits per heavy atom. The van der Waals surface area contributed by atoms with Gasteiger partial charge in [0.1, 0.15) is 5.70 Å². The highest BCUT2D eigenvalue weighted by atomic mass is 79.9. The Labute approximate surface area is 170 Å². The first-order chi connectivity index (χ1) is 13.2. The third-order valence-electron chi connectivity index (χ3n) is 4.44. The molecule has 138 valence electrons. The number of carbonyl (C=O) groups excluding carboxylic acids is 1. The average Bonchev–Trinajstić information content (AvgIpc) is 2.68. The first-order valence-electron chi connectivity index (χ1n) is 8.92. The van der Waals surface area contributed by atoms with Gasteiger partial charge in [0, 0.05) is 21.0 Å². The molecule has 1 N–H and O–H groups in total. The number of nitrogens with zero attached hydrogens (tertiary/aromatic N) is 3. The van der Waals surface area contributed by atoms with Gasteiger partial charge in [-0.15, -0.1) is 5.10 Å². The van der Waals surface area contributed by atoms with Gasteiger partial charge in [0.2, 0.25) is 0 Å². The molecule has 2 aromatic rings. The van der Waals surface area contributed by atoms with Gasteiger partial charge >= 0.3 is 0 Å². The van der Waals surface area contributed by atoms with Gasteiger partial charge in [-0.05, 0) is 18.6 Å². The Morgan fingerprint density at radius 3 is 2.78 bits per heavy atom. The van der Waals surface area contributed by atoms with Gasteiger partial charge in [-0.2, -0.15) is 0 Å². The van der Waals surface area contributed by atoms with Crippen molar-refractivity contribution in [2.45, 2.75) is 25.9 Å². The summed E-state index contributed by atoms with van der Waals surface area (Å²) in [5.74, 6) is 0.787. The van der Waals surface area contributed by atoms with Crippen molar-refractivity contribution in [2.24, 2.45) is 10.1 Å². The van der Waals surface area contributed by atoms with Crippen molar-refractivity contribution in [3.63, 3.8) is 0 Å². The molecular weight excluding hydrogens is 424 g/mol. The SMILES string of the molecule is CCCCSC1=NN2C(=c3ccccc3=N[C@H]2c2ccccc2Br)C(=O)N1. The number of thioether (sulfide) groups is 1. The lowest BCUT2D eigenvalue weighted by Gasteiger charge is -2.34. The first kappa shape index (κ1) is 18.3. The predicted octanol–water partition coefficient (Wildman–Crippen LogP) is 3.13. The van der Waals surface area contributed by atoms with E-state index in [2.05, 4.69) is 28.2 Å². The second kappa shape index (κ2) is 7.86. The van der Waals surface area contributed by atoms with Crippen LogP contribution in [0.3, 0.4) is 0 Å². The summed E-state index contributed by atoms with van der Waals surface area (Å²) in [6, 6.07) is 15.6. The minimum absolute atomic E-state index is 0.136. The fourth-order valence-corrected chi connectivity index (χ4v) is 4.52. The standard InChI is InChI=1S/C20H19BrN4OS/c1-2-3-12-27-20-23-19(26)17-14-9-5-7-11-16(14)22-18(25(17)24-20)13-8-4-6-10-15(13)21/h4-11,18H,2-3,12H2,1H3,(H,23,24,26)/t18-/m1/s1. The van der Waals surface area contributed by atoms with Crippen molar-refractivity contribution < 1.29 is 4.79 Å². The number of nitrogens with one attached hydrogen (secondary N) is 1. The molecule has 4 rings (SSSR count). The summed E-state index contributed by atoms with van der Waals surface area (Å²) in [5.41, 5.74) is 1.52. The van der Waals surface area contributed by atoms with Gasteiger partial charge in [0.25, 0.3) is 5.91 Å². The quantitative estimate of drug-likeness (QED) is 0.739. The number of unbranched alkanes of at least 4 members (excludes halogenated alkanes) is 1. The van der Waals surface area contributed by atoms with E-state index < -0.39 is 6.17 Å². The maximum atomic E-state index is 13.0. The van der Waals surface area contributed by atoms with Crippen molar-refractivity contribution in [3.8, 4) is 0 Å². The maximum absolute atomic E-state index is 13.0. The number of rotatable bonds is 4. The topological polar surface area (TPSA) is 57.1 Å². The molecule has 0 saturated heterocycles. The van der Waals surface area contributed by atoms with E-state index in [1.807, 2.05) is 48.5 Å². The molecule has 0 radical (unpaired) electrons. The number of para-hydroxylation sites is 1.